The summed E-state index contributed by atoms with van der Waals surface area (Å²) in [5.41, 5.74) is 11.2. The van der Waals surface area contributed by atoms with Crippen LogP contribution >= 0.6 is 0 Å². The fourth-order valence-electron chi connectivity index (χ4n) is 9.86. The van der Waals surface area contributed by atoms with Crippen molar-refractivity contribution in [2.24, 2.45) is 0 Å². The molecule has 4 aromatic heterocycles. The van der Waals surface area contributed by atoms with Gasteiger partial charge in [0.05, 0.1) is 44.2 Å². The minimum absolute atomic E-state index is 0.167. The number of nitrogens with zero attached hydrogens (tertiary/aromatic N) is 5. The molecule has 4 heterocycles. The monoisotopic (exact) mass is 805 g/mol. The molecule has 294 valence electrons. The first-order valence-electron chi connectivity index (χ1n) is 21.2. The summed E-state index contributed by atoms with van der Waals surface area (Å²) in [6, 6.07) is 73.5. The van der Waals surface area contributed by atoms with Crippen LogP contribution in [0.5, 0.6) is 0 Å². The van der Waals surface area contributed by atoms with Gasteiger partial charge in [-0.15, -0.1) is 0 Å². The second-order valence-corrected chi connectivity index (χ2v) is 16.1. The lowest BCUT2D eigenvalue weighted by Gasteiger charge is -2.18. The van der Waals surface area contributed by atoms with Gasteiger partial charge in [0, 0.05) is 43.9 Å². The zero-order valence-electron chi connectivity index (χ0n) is 33.9. The molecule has 0 spiro atoms. The fourth-order valence-corrected chi connectivity index (χ4v) is 9.86. The third-order valence-electron chi connectivity index (χ3n) is 12.7. The SMILES string of the molecule is O=c1c2c(-c3ccccc3)nc(-n3c4ccccc4c4cc(-c5ccc6c(c5)c5ccccc5n6-c5ccccc5)ccc43)nc2c2c3ccccc3ccc2n1-c1ccccc1. The molecule has 0 saturated heterocycles. The molecule has 63 heavy (non-hydrogen) atoms. The Bertz CT molecular complexity index is 4040. The van der Waals surface area contributed by atoms with Gasteiger partial charge in [-0.1, -0.05) is 146 Å². The highest BCUT2D eigenvalue weighted by molar-refractivity contribution is 6.20. The van der Waals surface area contributed by atoms with Crippen molar-refractivity contribution in [3.8, 4) is 39.7 Å². The maximum Gasteiger partial charge on any atom is 0.267 e. The number of fused-ring (bicyclic) bond motifs is 11. The van der Waals surface area contributed by atoms with Crippen molar-refractivity contribution in [3.63, 3.8) is 0 Å². The molecular weight excluding hydrogens is 771 g/mol. The summed E-state index contributed by atoms with van der Waals surface area (Å²) >= 11 is 0. The normalized spacial score (nSPS) is 11.9. The topological polar surface area (TPSA) is 57.6 Å². The summed E-state index contributed by atoms with van der Waals surface area (Å²) in [4.78, 5) is 26.1. The van der Waals surface area contributed by atoms with E-state index in [4.69, 9.17) is 9.97 Å². The highest BCUT2D eigenvalue weighted by Gasteiger charge is 2.24. The molecular formula is C57H35N5O. The van der Waals surface area contributed by atoms with E-state index in [0.29, 0.717) is 22.5 Å². The van der Waals surface area contributed by atoms with Gasteiger partial charge in [-0.05, 0) is 88.6 Å². The van der Waals surface area contributed by atoms with Crippen LogP contribution < -0.4 is 5.56 Å². The van der Waals surface area contributed by atoms with Crippen LogP contribution in [0.2, 0.25) is 0 Å². The van der Waals surface area contributed by atoms with Crippen LogP contribution in [0.25, 0.3) is 116 Å². The third kappa shape index (κ3) is 5.28. The van der Waals surface area contributed by atoms with Gasteiger partial charge in [-0.25, -0.2) is 9.97 Å². The predicted octanol–water partition coefficient (Wildman–Crippen LogP) is 13.6. The predicted molar refractivity (Wildman–Crippen MR) is 260 cm³/mol. The summed E-state index contributed by atoms with van der Waals surface area (Å²) < 4.78 is 6.33. The molecule has 0 N–H and O–H groups in total. The van der Waals surface area contributed by atoms with E-state index in [9.17, 15) is 0 Å². The average Bonchev–Trinajstić information content (AvgIpc) is 3.86. The average molecular weight is 806 g/mol. The number of aromatic nitrogens is 5. The number of rotatable bonds is 5. The van der Waals surface area contributed by atoms with E-state index < -0.39 is 0 Å². The molecule has 0 aliphatic rings. The Morgan fingerprint density at radius 1 is 0.333 bits per heavy atom. The molecule has 6 heteroatoms. The Balaban J connectivity index is 1.08. The molecule has 0 amide bonds. The standard InChI is InChI=1S/C57H35N5O/c63-56-53-54(37-17-4-1-5-18-37)58-57(59-55(53)52-42-23-11-10-16-36(42)28-33-51(52)61(56)41-21-8-3-9-22-41)62-48-27-15-13-25-44(48)46-35-39(30-32-50(46)62)38-29-31-49-45(34-38)43-24-12-14-26-47(43)60(49)40-19-6-2-7-20-40/h1-35H. The van der Waals surface area contributed by atoms with Crippen LogP contribution in [-0.2, 0) is 0 Å². The molecule has 13 rings (SSSR count). The summed E-state index contributed by atoms with van der Waals surface area (Å²) in [6.07, 6.45) is 0. The largest absolute Gasteiger partial charge is 0.309 e. The Morgan fingerprint density at radius 2 is 0.825 bits per heavy atom. The van der Waals surface area contributed by atoms with Crippen molar-refractivity contribution in [1.29, 1.82) is 0 Å². The summed E-state index contributed by atoms with van der Waals surface area (Å²) in [7, 11) is 0. The smallest absolute Gasteiger partial charge is 0.267 e. The van der Waals surface area contributed by atoms with E-state index in [0.717, 1.165) is 71.5 Å². The van der Waals surface area contributed by atoms with Gasteiger partial charge in [0.25, 0.3) is 5.56 Å². The van der Waals surface area contributed by atoms with Gasteiger partial charge in [-0.2, -0.15) is 0 Å². The lowest BCUT2D eigenvalue weighted by Crippen LogP contribution is -2.21. The second-order valence-electron chi connectivity index (χ2n) is 16.1. The van der Waals surface area contributed by atoms with E-state index >= 15 is 4.79 Å². The van der Waals surface area contributed by atoms with Crippen LogP contribution in [0.1, 0.15) is 0 Å². The number of hydrogen-bond acceptors (Lipinski definition) is 3. The van der Waals surface area contributed by atoms with E-state index in [1.807, 2.05) is 77.4 Å². The van der Waals surface area contributed by atoms with E-state index in [1.54, 1.807) is 0 Å². The van der Waals surface area contributed by atoms with E-state index in [1.165, 1.54) is 21.8 Å². The Labute approximate surface area is 360 Å². The first-order chi connectivity index (χ1) is 31.2. The molecule has 6 nitrogen and oxygen atoms in total. The summed E-state index contributed by atoms with van der Waals surface area (Å²) in [5.74, 6) is 0.501. The van der Waals surface area contributed by atoms with Crippen LogP contribution in [0.4, 0.5) is 0 Å². The van der Waals surface area contributed by atoms with E-state index in [2.05, 4.69) is 149 Å². The van der Waals surface area contributed by atoms with Crippen molar-refractivity contribution in [2.45, 2.75) is 0 Å². The van der Waals surface area contributed by atoms with Gasteiger partial charge in [-0.3, -0.25) is 13.9 Å². The van der Waals surface area contributed by atoms with Gasteiger partial charge >= 0.3 is 0 Å². The van der Waals surface area contributed by atoms with Gasteiger partial charge < -0.3 is 4.57 Å². The molecule has 0 saturated carbocycles. The van der Waals surface area contributed by atoms with Crippen molar-refractivity contribution in [1.82, 2.24) is 23.7 Å². The number of para-hydroxylation sites is 4. The second kappa shape index (κ2) is 13.7. The Hall–Kier alpha value is -8.61. The molecule has 0 unspecified atom stereocenters. The van der Waals surface area contributed by atoms with Gasteiger partial charge in [0.15, 0.2) is 0 Å². The highest BCUT2D eigenvalue weighted by Crippen LogP contribution is 2.40. The summed E-state index contributed by atoms with van der Waals surface area (Å²) in [5, 5.41) is 8.07. The lowest BCUT2D eigenvalue weighted by atomic mass is 10.00. The minimum atomic E-state index is -0.167. The van der Waals surface area contributed by atoms with Crippen LogP contribution in [0, 0.1) is 0 Å². The maximum absolute atomic E-state index is 15.2. The maximum atomic E-state index is 15.2. The molecule has 0 aliphatic heterocycles. The van der Waals surface area contributed by atoms with Gasteiger partial charge in [0.2, 0.25) is 5.95 Å². The Morgan fingerprint density at radius 3 is 1.48 bits per heavy atom. The molecule has 0 aliphatic carbocycles. The number of hydrogen-bond donors (Lipinski definition) is 0. The minimum Gasteiger partial charge on any atom is -0.309 e. The van der Waals surface area contributed by atoms with Crippen molar-refractivity contribution in [3.05, 3.63) is 223 Å². The molecule has 0 atom stereocenters. The van der Waals surface area contributed by atoms with Crippen molar-refractivity contribution >= 4 is 76.2 Å². The highest BCUT2D eigenvalue weighted by atomic mass is 16.1. The van der Waals surface area contributed by atoms with Gasteiger partial charge in [0.1, 0.15) is 0 Å². The third-order valence-corrected chi connectivity index (χ3v) is 12.7. The fraction of sp³-hybridized carbons (Fsp3) is 0. The first-order valence-corrected chi connectivity index (χ1v) is 21.2. The molecule has 9 aromatic carbocycles. The molecule has 13 aromatic rings. The first kappa shape index (κ1) is 35.2. The molecule has 0 bridgehead atoms. The number of pyridine rings is 1. The van der Waals surface area contributed by atoms with Crippen LogP contribution in [0.15, 0.2) is 217 Å². The number of benzene rings is 9. The Kier molecular flexibility index (Phi) is 7.65. The molecule has 0 fully saturated rings. The quantitative estimate of drug-likeness (QED) is 0.163. The van der Waals surface area contributed by atoms with E-state index in [-0.39, 0.29) is 5.56 Å². The lowest BCUT2D eigenvalue weighted by molar-refractivity contribution is 1.00. The van der Waals surface area contributed by atoms with Crippen LogP contribution in [0.3, 0.4) is 0 Å². The van der Waals surface area contributed by atoms with Crippen molar-refractivity contribution in [2.75, 3.05) is 0 Å². The zero-order chi connectivity index (χ0) is 41.6. The summed E-state index contributed by atoms with van der Waals surface area (Å²) in [6.45, 7) is 0. The van der Waals surface area contributed by atoms with Crippen molar-refractivity contribution < 1.29 is 0 Å². The van der Waals surface area contributed by atoms with Crippen LogP contribution in [-0.4, -0.2) is 23.7 Å². The zero-order valence-corrected chi connectivity index (χ0v) is 33.9. The molecule has 0 radical (unpaired) electrons.